The second-order valence-corrected chi connectivity index (χ2v) is 9.62. The minimum Gasteiger partial charge on any atom is -0.387 e. The molecule has 6 nitrogen and oxygen atoms in total. The van der Waals surface area contributed by atoms with E-state index in [-0.39, 0.29) is 37.1 Å². The number of aliphatic hydroxyl groups excluding tert-OH is 1. The number of aromatic nitrogens is 2. The first-order chi connectivity index (χ1) is 17.1. The van der Waals surface area contributed by atoms with Gasteiger partial charge in [0.2, 0.25) is 5.91 Å². The predicted octanol–water partition coefficient (Wildman–Crippen LogP) is 5.43. The second kappa shape index (κ2) is 15.7. The first kappa shape index (κ1) is 30.8. The van der Waals surface area contributed by atoms with Crippen molar-refractivity contribution in [1.82, 2.24) is 14.9 Å². The molecule has 4 rings (SSSR count). The summed E-state index contributed by atoms with van der Waals surface area (Å²) in [6.45, 7) is 1.80. The molecule has 4 aromatic rings. The quantitative estimate of drug-likeness (QED) is 0.149. The summed E-state index contributed by atoms with van der Waals surface area (Å²) >= 11 is 2.31. The van der Waals surface area contributed by atoms with Crippen molar-refractivity contribution in [1.29, 1.82) is 0 Å². The Morgan fingerprint density at radius 2 is 1.68 bits per heavy atom. The fraction of sp³-hybridized carbons (Fsp3) is 0.214. The van der Waals surface area contributed by atoms with Crippen molar-refractivity contribution in [2.45, 2.75) is 25.5 Å². The van der Waals surface area contributed by atoms with Gasteiger partial charge in [-0.05, 0) is 58.0 Å². The number of carbonyl (C=O) groups excluding carboxylic acids is 1. The number of hydrogen-bond acceptors (Lipinski definition) is 4. The largest absolute Gasteiger partial charge is 0.387 e. The Balaban J connectivity index is 0.00000241. The molecule has 0 unspecified atom stereocenters. The van der Waals surface area contributed by atoms with Crippen LogP contribution >= 0.6 is 47.4 Å². The molecule has 37 heavy (non-hydrogen) atoms. The van der Waals surface area contributed by atoms with Gasteiger partial charge in [0.1, 0.15) is 5.82 Å². The first-order valence-electron chi connectivity index (χ1n) is 11.6. The van der Waals surface area contributed by atoms with Crippen LogP contribution in [-0.2, 0) is 24.2 Å². The molecule has 1 atom stereocenters. The van der Waals surface area contributed by atoms with Crippen LogP contribution in [0.4, 0.5) is 5.69 Å². The van der Waals surface area contributed by atoms with Gasteiger partial charge in [-0.2, -0.15) is 0 Å². The fourth-order valence-corrected chi connectivity index (χ4v) is 4.47. The topological polar surface area (TPSA) is 79.2 Å². The molecule has 0 aliphatic heterocycles. The zero-order valence-electron chi connectivity index (χ0n) is 20.2. The van der Waals surface area contributed by atoms with Crippen LogP contribution in [0.15, 0.2) is 91.1 Å². The summed E-state index contributed by atoms with van der Waals surface area (Å²) < 4.78 is 3.23. The smallest absolute Gasteiger partial charge is 0.231 e. The van der Waals surface area contributed by atoms with Crippen LogP contribution < -0.4 is 10.6 Å². The van der Waals surface area contributed by atoms with E-state index in [1.807, 2.05) is 72.9 Å². The summed E-state index contributed by atoms with van der Waals surface area (Å²) in [6.07, 6.45) is 2.37. The van der Waals surface area contributed by atoms with Gasteiger partial charge in [0.15, 0.2) is 0 Å². The normalized spacial score (nSPS) is 11.2. The Hall–Kier alpha value is -2.43. The van der Waals surface area contributed by atoms with Crippen LogP contribution in [-0.4, -0.2) is 33.7 Å². The molecule has 0 saturated heterocycles. The molecule has 0 aliphatic rings. The van der Waals surface area contributed by atoms with Crippen molar-refractivity contribution < 1.29 is 9.90 Å². The van der Waals surface area contributed by atoms with E-state index in [2.05, 4.69) is 56.0 Å². The Morgan fingerprint density at radius 3 is 2.38 bits per heavy atom. The Labute approximate surface area is 243 Å². The van der Waals surface area contributed by atoms with Gasteiger partial charge >= 0.3 is 0 Å². The zero-order chi connectivity index (χ0) is 24.5. The summed E-state index contributed by atoms with van der Waals surface area (Å²) in [5, 5.41) is 16.6. The van der Waals surface area contributed by atoms with E-state index in [1.165, 1.54) is 3.57 Å². The molecule has 0 radical (unpaired) electrons. The average molecular weight is 653 g/mol. The number of carbonyl (C=O) groups is 1. The molecule has 196 valence electrons. The number of halogens is 3. The molecular formula is C28H31Cl2IN4O2. The SMILES string of the molecule is Cl.Cl.O=C(Cc1nc(CCNC[C@H](O)c2ccccc2)cn1Cc1cccc(I)c1)Nc1ccccc1. The molecule has 0 fully saturated rings. The molecule has 1 amide bonds. The number of hydrogen-bond donors (Lipinski definition) is 3. The van der Waals surface area contributed by atoms with Crippen LogP contribution in [0.3, 0.4) is 0 Å². The van der Waals surface area contributed by atoms with Gasteiger partial charge < -0.3 is 20.3 Å². The van der Waals surface area contributed by atoms with Gasteiger partial charge in [0.25, 0.3) is 0 Å². The second-order valence-electron chi connectivity index (χ2n) is 8.38. The summed E-state index contributed by atoms with van der Waals surface area (Å²) in [5.41, 5.74) is 3.75. The maximum absolute atomic E-state index is 12.7. The molecule has 0 aliphatic carbocycles. The van der Waals surface area contributed by atoms with Gasteiger partial charge in [-0.25, -0.2) is 4.98 Å². The first-order valence-corrected chi connectivity index (χ1v) is 12.7. The summed E-state index contributed by atoms with van der Waals surface area (Å²) in [6, 6.07) is 27.4. The number of imidazole rings is 1. The lowest BCUT2D eigenvalue weighted by Crippen LogP contribution is -2.23. The van der Waals surface area contributed by atoms with Gasteiger partial charge in [-0.1, -0.05) is 60.7 Å². The van der Waals surface area contributed by atoms with Crippen LogP contribution in [0, 0.1) is 3.57 Å². The highest BCUT2D eigenvalue weighted by molar-refractivity contribution is 14.1. The maximum Gasteiger partial charge on any atom is 0.231 e. The number of benzene rings is 3. The maximum atomic E-state index is 12.7. The summed E-state index contributed by atoms with van der Waals surface area (Å²) in [5.74, 6) is 0.637. The van der Waals surface area contributed by atoms with Gasteiger partial charge in [-0.3, -0.25) is 4.79 Å². The minimum atomic E-state index is -0.549. The standard InChI is InChI=1S/C28H29IN4O2.2ClH/c29-23-11-7-8-21(16-23)19-33-20-25(14-15-30-18-26(34)22-9-3-1-4-10-22)31-27(33)17-28(35)32-24-12-5-2-6-13-24;;/h1-13,16,20,26,30,34H,14-15,17-19H2,(H,32,35);2*1H/t26-;;/m0../s1. The van der Waals surface area contributed by atoms with Crippen molar-refractivity contribution in [3.05, 3.63) is 117 Å². The lowest BCUT2D eigenvalue weighted by Gasteiger charge is -2.11. The number of nitrogens with one attached hydrogen (secondary N) is 2. The van der Waals surface area contributed by atoms with E-state index >= 15 is 0 Å². The van der Waals surface area contributed by atoms with Crippen LogP contribution in [0.2, 0.25) is 0 Å². The minimum absolute atomic E-state index is 0. The van der Waals surface area contributed by atoms with Crippen molar-refractivity contribution in [2.75, 3.05) is 18.4 Å². The highest BCUT2D eigenvalue weighted by Crippen LogP contribution is 2.14. The van der Waals surface area contributed by atoms with E-state index in [1.54, 1.807) is 0 Å². The average Bonchev–Trinajstić information content (AvgIpc) is 3.23. The van der Waals surface area contributed by atoms with Crippen molar-refractivity contribution >= 4 is 59.0 Å². The monoisotopic (exact) mass is 652 g/mol. The molecule has 0 bridgehead atoms. The molecule has 0 spiro atoms. The third-order valence-electron chi connectivity index (χ3n) is 5.61. The van der Waals surface area contributed by atoms with E-state index in [0.29, 0.717) is 26.1 Å². The van der Waals surface area contributed by atoms with Crippen molar-refractivity contribution in [3.63, 3.8) is 0 Å². The predicted molar refractivity (Wildman–Crippen MR) is 162 cm³/mol. The van der Waals surface area contributed by atoms with E-state index < -0.39 is 6.10 Å². The Kier molecular flexibility index (Phi) is 13.1. The lowest BCUT2D eigenvalue weighted by molar-refractivity contribution is -0.115. The fourth-order valence-electron chi connectivity index (χ4n) is 3.86. The molecule has 9 heteroatoms. The third kappa shape index (κ3) is 9.75. The number of para-hydroxylation sites is 1. The van der Waals surface area contributed by atoms with Crippen molar-refractivity contribution in [3.8, 4) is 0 Å². The van der Waals surface area contributed by atoms with Gasteiger partial charge in [0, 0.05) is 41.5 Å². The number of aliphatic hydroxyl groups is 1. The Morgan fingerprint density at radius 1 is 0.973 bits per heavy atom. The van der Waals surface area contributed by atoms with Crippen LogP contribution in [0.1, 0.15) is 28.7 Å². The summed E-state index contributed by atoms with van der Waals surface area (Å²) in [7, 11) is 0. The highest BCUT2D eigenvalue weighted by Gasteiger charge is 2.14. The van der Waals surface area contributed by atoms with Crippen LogP contribution in [0.5, 0.6) is 0 Å². The lowest BCUT2D eigenvalue weighted by atomic mass is 10.1. The molecule has 3 N–H and O–H groups in total. The van der Waals surface area contributed by atoms with E-state index in [4.69, 9.17) is 4.98 Å². The van der Waals surface area contributed by atoms with Crippen LogP contribution in [0.25, 0.3) is 0 Å². The van der Waals surface area contributed by atoms with E-state index in [9.17, 15) is 9.90 Å². The number of rotatable bonds is 11. The van der Waals surface area contributed by atoms with Gasteiger partial charge in [0.05, 0.1) is 18.2 Å². The van der Waals surface area contributed by atoms with E-state index in [0.717, 1.165) is 28.3 Å². The Bertz CT molecular complexity index is 1240. The van der Waals surface area contributed by atoms with Gasteiger partial charge in [-0.15, -0.1) is 24.8 Å². The third-order valence-corrected chi connectivity index (χ3v) is 6.28. The zero-order valence-corrected chi connectivity index (χ0v) is 24.0. The molecule has 1 heterocycles. The summed E-state index contributed by atoms with van der Waals surface area (Å²) in [4.78, 5) is 17.5. The molecule has 3 aromatic carbocycles. The molecule has 1 aromatic heterocycles. The number of nitrogens with zero attached hydrogens (tertiary/aromatic N) is 2. The van der Waals surface area contributed by atoms with Crippen molar-refractivity contribution in [2.24, 2.45) is 0 Å². The molecule has 0 saturated carbocycles. The number of amides is 1. The highest BCUT2D eigenvalue weighted by atomic mass is 127. The number of anilines is 1. The molecular weight excluding hydrogens is 622 g/mol.